The van der Waals surface area contributed by atoms with Gasteiger partial charge in [0, 0.05) is 12.0 Å². The number of carbonyl (C=O) groups is 1. The summed E-state index contributed by atoms with van der Waals surface area (Å²) in [5.41, 5.74) is -0.139. The Bertz CT molecular complexity index is 148. The Morgan fingerprint density at radius 2 is 1.62 bits per heavy atom. The minimum absolute atomic E-state index is 0.139. The quantitative estimate of drug-likeness (QED) is 0.677. The molecule has 1 N–H and O–H groups in total. The fourth-order valence-electron chi connectivity index (χ4n) is 1.83. The zero-order valence-electron chi connectivity index (χ0n) is 9.44. The molecule has 0 radical (unpaired) electrons. The van der Waals surface area contributed by atoms with Gasteiger partial charge in [-0.15, -0.1) is 0 Å². The predicted molar refractivity (Wildman–Crippen MR) is 56.6 cm³/mol. The van der Waals surface area contributed by atoms with Gasteiger partial charge in [-0.25, -0.2) is 0 Å². The van der Waals surface area contributed by atoms with Crippen LogP contribution >= 0.6 is 0 Å². The van der Waals surface area contributed by atoms with E-state index in [0.717, 1.165) is 32.2 Å². The third-order valence-electron chi connectivity index (χ3n) is 2.49. The van der Waals surface area contributed by atoms with Gasteiger partial charge >= 0.3 is 0 Å². The average Bonchev–Trinajstić information content (AvgIpc) is 2.05. The summed E-state index contributed by atoms with van der Waals surface area (Å²) in [4.78, 5) is 11.7. The first-order valence-electron chi connectivity index (χ1n) is 5.39. The number of hydrogen-bond donors (Lipinski definition) is 1. The zero-order valence-corrected chi connectivity index (χ0v) is 9.44. The summed E-state index contributed by atoms with van der Waals surface area (Å²) in [6.07, 6.45) is 4.14. The lowest BCUT2D eigenvalue weighted by Gasteiger charge is -2.27. The highest BCUT2D eigenvalue weighted by atomic mass is 16.2. The second kappa shape index (κ2) is 6.01. The molecule has 78 valence electrons. The molecule has 0 aliphatic rings. The molecule has 0 aliphatic carbocycles. The van der Waals surface area contributed by atoms with Gasteiger partial charge in [0.05, 0.1) is 0 Å². The first-order valence-corrected chi connectivity index (χ1v) is 5.39. The predicted octanol–water partition coefficient (Wildman–Crippen LogP) is 2.73. The summed E-state index contributed by atoms with van der Waals surface area (Å²) < 4.78 is 0. The molecule has 0 rings (SSSR count). The Kier molecular flexibility index (Phi) is 5.76. The van der Waals surface area contributed by atoms with Crippen LogP contribution in [0.2, 0.25) is 0 Å². The minimum atomic E-state index is -0.139. The summed E-state index contributed by atoms with van der Waals surface area (Å²) in [7, 11) is 0. The molecule has 0 atom stereocenters. The summed E-state index contributed by atoms with van der Waals surface area (Å²) in [6.45, 7) is 9.04. The number of amides is 1. The Labute approximate surface area is 82.1 Å². The molecule has 13 heavy (non-hydrogen) atoms. The van der Waals surface area contributed by atoms with Crippen LogP contribution in [0, 0.1) is 5.41 Å². The van der Waals surface area contributed by atoms with E-state index in [1.165, 1.54) is 0 Å². The van der Waals surface area contributed by atoms with Gasteiger partial charge in [0.25, 0.3) is 0 Å². The molecule has 0 spiro atoms. The van der Waals surface area contributed by atoms with E-state index in [0.29, 0.717) is 0 Å². The number of hydrogen-bond acceptors (Lipinski definition) is 1. The van der Waals surface area contributed by atoms with Crippen LogP contribution in [0.4, 0.5) is 0 Å². The van der Waals surface area contributed by atoms with Crippen molar-refractivity contribution in [3.05, 3.63) is 0 Å². The van der Waals surface area contributed by atoms with E-state index < -0.39 is 0 Å². The molecule has 0 aromatic heterocycles. The third kappa shape index (κ3) is 3.79. The largest absolute Gasteiger partial charge is 0.356 e. The smallest absolute Gasteiger partial charge is 0.225 e. The van der Waals surface area contributed by atoms with Crippen molar-refractivity contribution in [1.82, 2.24) is 5.32 Å². The van der Waals surface area contributed by atoms with E-state index in [1.807, 2.05) is 6.92 Å². The zero-order chi connectivity index (χ0) is 10.3. The fraction of sp³-hybridized carbons (Fsp3) is 0.909. The molecule has 0 heterocycles. The normalized spacial score (nSPS) is 11.4. The molecular formula is C11H23NO. The summed E-state index contributed by atoms with van der Waals surface area (Å²) in [6, 6.07) is 0. The molecule has 0 aliphatic heterocycles. The lowest BCUT2D eigenvalue weighted by Crippen LogP contribution is -2.38. The maximum atomic E-state index is 11.7. The maximum absolute atomic E-state index is 11.7. The van der Waals surface area contributed by atoms with E-state index in [4.69, 9.17) is 0 Å². The molecule has 0 saturated heterocycles. The lowest BCUT2D eigenvalue weighted by atomic mass is 9.80. The average molecular weight is 185 g/mol. The lowest BCUT2D eigenvalue weighted by molar-refractivity contribution is -0.130. The Morgan fingerprint density at radius 3 is 1.92 bits per heavy atom. The first-order chi connectivity index (χ1) is 6.10. The molecule has 0 saturated carbocycles. The Hall–Kier alpha value is -0.530. The number of nitrogens with one attached hydrogen (secondary N) is 1. The van der Waals surface area contributed by atoms with Crippen LogP contribution < -0.4 is 5.32 Å². The van der Waals surface area contributed by atoms with Crippen molar-refractivity contribution in [2.24, 2.45) is 5.41 Å². The maximum Gasteiger partial charge on any atom is 0.225 e. The van der Waals surface area contributed by atoms with E-state index in [2.05, 4.69) is 26.1 Å². The molecular weight excluding hydrogens is 162 g/mol. The van der Waals surface area contributed by atoms with Crippen molar-refractivity contribution in [2.45, 2.75) is 53.4 Å². The van der Waals surface area contributed by atoms with Crippen molar-refractivity contribution in [1.29, 1.82) is 0 Å². The highest BCUT2D eigenvalue weighted by molar-refractivity contribution is 5.82. The van der Waals surface area contributed by atoms with E-state index in [-0.39, 0.29) is 11.3 Å². The van der Waals surface area contributed by atoms with Crippen molar-refractivity contribution in [3.8, 4) is 0 Å². The van der Waals surface area contributed by atoms with Crippen LogP contribution in [-0.2, 0) is 4.79 Å². The van der Waals surface area contributed by atoms with Gasteiger partial charge in [0.15, 0.2) is 0 Å². The second-order valence-electron chi connectivity index (χ2n) is 3.92. The van der Waals surface area contributed by atoms with Gasteiger partial charge in [-0.05, 0) is 19.8 Å². The second-order valence-corrected chi connectivity index (χ2v) is 3.92. The molecule has 2 nitrogen and oxygen atoms in total. The van der Waals surface area contributed by atoms with Crippen molar-refractivity contribution in [2.75, 3.05) is 6.54 Å². The molecule has 0 unspecified atom stereocenters. The minimum Gasteiger partial charge on any atom is -0.356 e. The molecule has 0 aromatic carbocycles. The molecule has 2 heteroatoms. The summed E-state index contributed by atoms with van der Waals surface area (Å²) in [5.74, 6) is 0.221. The van der Waals surface area contributed by atoms with E-state index in [9.17, 15) is 4.79 Å². The monoisotopic (exact) mass is 185 g/mol. The van der Waals surface area contributed by atoms with Gasteiger partial charge < -0.3 is 5.32 Å². The highest BCUT2D eigenvalue weighted by Gasteiger charge is 2.30. The standard InChI is InChI=1S/C11H23NO/c1-5-8-11(4,9-6-2)10(13)12-7-3/h5-9H2,1-4H3,(H,12,13). The van der Waals surface area contributed by atoms with Gasteiger partial charge in [-0.2, -0.15) is 0 Å². The van der Waals surface area contributed by atoms with E-state index in [1.54, 1.807) is 0 Å². The van der Waals surface area contributed by atoms with Crippen molar-refractivity contribution >= 4 is 5.91 Å². The number of rotatable bonds is 6. The van der Waals surface area contributed by atoms with Crippen LogP contribution in [0.15, 0.2) is 0 Å². The van der Waals surface area contributed by atoms with Crippen LogP contribution in [0.1, 0.15) is 53.4 Å². The Balaban J connectivity index is 4.27. The van der Waals surface area contributed by atoms with Crippen LogP contribution in [0.5, 0.6) is 0 Å². The topological polar surface area (TPSA) is 29.1 Å². The van der Waals surface area contributed by atoms with Crippen LogP contribution in [0.25, 0.3) is 0 Å². The van der Waals surface area contributed by atoms with Gasteiger partial charge in [0.2, 0.25) is 5.91 Å². The number of carbonyl (C=O) groups excluding carboxylic acids is 1. The summed E-state index contributed by atoms with van der Waals surface area (Å²) >= 11 is 0. The molecule has 0 aromatic rings. The van der Waals surface area contributed by atoms with Crippen LogP contribution in [0.3, 0.4) is 0 Å². The van der Waals surface area contributed by atoms with Gasteiger partial charge in [-0.3, -0.25) is 4.79 Å². The van der Waals surface area contributed by atoms with Crippen molar-refractivity contribution < 1.29 is 4.79 Å². The van der Waals surface area contributed by atoms with Gasteiger partial charge in [-0.1, -0.05) is 33.6 Å². The Morgan fingerprint density at radius 1 is 1.15 bits per heavy atom. The fourth-order valence-corrected chi connectivity index (χ4v) is 1.83. The third-order valence-corrected chi connectivity index (χ3v) is 2.49. The van der Waals surface area contributed by atoms with Crippen LogP contribution in [-0.4, -0.2) is 12.5 Å². The summed E-state index contributed by atoms with van der Waals surface area (Å²) in [5, 5.41) is 2.92. The van der Waals surface area contributed by atoms with Gasteiger partial charge in [0.1, 0.15) is 0 Å². The SMILES string of the molecule is CCCC(C)(CCC)C(=O)NCC. The molecule has 0 fully saturated rings. The van der Waals surface area contributed by atoms with Crippen molar-refractivity contribution in [3.63, 3.8) is 0 Å². The van der Waals surface area contributed by atoms with E-state index >= 15 is 0 Å². The highest BCUT2D eigenvalue weighted by Crippen LogP contribution is 2.29. The molecule has 0 bridgehead atoms. The first kappa shape index (κ1) is 12.5. The molecule has 1 amide bonds.